The van der Waals surface area contributed by atoms with Crippen LogP contribution in [0.3, 0.4) is 0 Å². The Hall–Kier alpha value is -1.44. The molecule has 86 valence electrons. The minimum atomic E-state index is -3.42. The van der Waals surface area contributed by atoms with E-state index in [0.717, 1.165) is 5.52 Å². The van der Waals surface area contributed by atoms with Crippen LogP contribution in [0.5, 0.6) is 0 Å². The van der Waals surface area contributed by atoms with Crippen molar-refractivity contribution in [3.63, 3.8) is 0 Å². The number of imidazole rings is 1. The Kier molecular flexibility index (Phi) is 2.90. The summed E-state index contributed by atoms with van der Waals surface area (Å²) in [5.74, 6) is 0.648. The molecule has 0 unspecified atom stereocenters. The smallest absolute Gasteiger partial charge is 0.277 e. The number of rotatable bonds is 4. The van der Waals surface area contributed by atoms with Crippen LogP contribution in [0.4, 0.5) is 0 Å². The minimum Gasteiger partial charge on any atom is -0.303 e. The lowest BCUT2D eigenvalue weighted by molar-refractivity contribution is 0.570. The summed E-state index contributed by atoms with van der Waals surface area (Å²) >= 11 is 0. The zero-order valence-electron chi connectivity index (χ0n) is 8.71. The fourth-order valence-electron chi connectivity index (χ4n) is 1.36. The lowest BCUT2D eigenvalue weighted by Crippen LogP contribution is -2.33. The van der Waals surface area contributed by atoms with Crippen LogP contribution in [-0.4, -0.2) is 24.9 Å². The van der Waals surface area contributed by atoms with Gasteiger partial charge >= 0.3 is 0 Å². The second-order valence-corrected chi connectivity index (χ2v) is 4.90. The highest BCUT2D eigenvalue weighted by molar-refractivity contribution is 7.87. The van der Waals surface area contributed by atoms with Crippen LogP contribution in [0.25, 0.3) is 5.52 Å². The predicted octanol–water partition coefficient (Wildman–Crippen LogP) is -0.112. The van der Waals surface area contributed by atoms with Gasteiger partial charge in [-0.2, -0.15) is 13.1 Å². The third-order valence-corrected chi connectivity index (χ3v) is 3.27. The van der Waals surface area contributed by atoms with E-state index in [1.165, 1.54) is 7.05 Å². The van der Waals surface area contributed by atoms with Crippen molar-refractivity contribution in [2.45, 2.75) is 6.54 Å². The van der Waals surface area contributed by atoms with E-state index >= 15 is 0 Å². The Labute approximate surface area is 93.5 Å². The molecule has 0 radical (unpaired) electrons. The highest BCUT2D eigenvalue weighted by Crippen LogP contribution is 2.05. The van der Waals surface area contributed by atoms with Crippen LogP contribution in [0.1, 0.15) is 5.82 Å². The van der Waals surface area contributed by atoms with E-state index < -0.39 is 10.2 Å². The molecular weight excluding hydrogens is 228 g/mol. The average molecular weight is 240 g/mol. The van der Waals surface area contributed by atoms with E-state index in [2.05, 4.69) is 14.4 Å². The molecule has 0 atom stereocenters. The molecule has 7 heteroatoms. The standard InChI is InChI=1S/C9H12N4O2S/c1-10-16(14,15)12-7-9-11-6-8-4-2-3-5-13(8)9/h2-6,10,12H,7H2,1H3. The van der Waals surface area contributed by atoms with Crippen molar-refractivity contribution in [1.82, 2.24) is 18.8 Å². The molecule has 0 aromatic carbocycles. The van der Waals surface area contributed by atoms with Gasteiger partial charge in [0.1, 0.15) is 5.82 Å². The lowest BCUT2D eigenvalue weighted by atomic mass is 10.4. The van der Waals surface area contributed by atoms with Gasteiger partial charge in [0.2, 0.25) is 0 Å². The molecule has 0 bridgehead atoms. The molecule has 0 fully saturated rings. The molecule has 0 saturated heterocycles. The van der Waals surface area contributed by atoms with Crippen LogP contribution < -0.4 is 9.44 Å². The van der Waals surface area contributed by atoms with Gasteiger partial charge in [-0.3, -0.25) is 0 Å². The molecular formula is C9H12N4O2S. The summed E-state index contributed by atoms with van der Waals surface area (Å²) in [7, 11) is -2.06. The third kappa shape index (κ3) is 2.21. The Morgan fingerprint density at radius 3 is 3.00 bits per heavy atom. The zero-order valence-corrected chi connectivity index (χ0v) is 9.53. The normalized spacial score (nSPS) is 12.1. The summed E-state index contributed by atoms with van der Waals surface area (Å²) in [6.45, 7) is 0.154. The van der Waals surface area contributed by atoms with E-state index in [1.807, 2.05) is 28.8 Å². The van der Waals surface area contributed by atoms with Crippen molar-refractivity contribution in [3.05, 3.63) is 36.4 Å². The Bertz CT molecular complexity index is 590. The van der Waals surface area contributed by atoms with E-state index in [9.17, 15) is 8.42 Å². The van der Waals surface area contributed by atoms with Crippen LogP contribution >= 0.6 is 0 Å². The average Bonchev–Trinajstić information content (AvgIpc) is 2.70. The molecule has 2 N–H and O–H groups in total. The zero-order chi connectivity index (χ0) is 11.6. The number of aromatic nitrogens is 2. The molecule has 0 aliphatic heterocycles. The largest absolute Gasteiger partial charge is 0.303 e. The van der Waals surface area contributed by atoms with Gasteiger partial charge in [-0.1, -0.05) is 6.07 Å². The number of hydrogen-bond acceptors (Lipinski definition) is 3. The fourth-order valence-corrected chi connectivity index (χ4v) is 1.83. The number of nitrogens with zero attached hydrogens (tertiary/aromatic N) is 2. The Balaban J connectivity index is 2.22. The molecule has 2 rings (SSSR count). The third-order valence-electron chi connectivity index (χ3n) is 2.20. The predicted molar refractivity (Wildman–Crippen MR) is 60.0 cm³/mol. The molecule has 0 spiro atoms. The van der Waals surface area contributed by atoms with Crippen molar-refractivity contribution in [3.8, 4) is 0 Å². The monoisotopic (exact) mass is 240 g/mol. The summed E-state index contributed by atoms with van der Waals surface area (Å²) in [5, 5.41) is 0. The van der Waals surface area contributed by atoms with Crippen LogP contribution in [0.2, 0.25) is 0 Å². The van der Waals surface area contributed by atoms with Crippen LogP contribution in [-0.2, 0) is 16.8 Å². The van der Waals surface area contributed by atoms with Gasteiger partial charge in [-0.25, -0.2) is 9.71 Å². The van der Waals surface area contributed by atoms with Crippen molar-refractivity contribution in [2.75, 3.05) is 7.05 Å². The van der Waals surface area contributed by atoms with Gasteiger partial charge in [0.05, 0.1) is 18.3 Å². The summed E-state index contributed by atoms with van der Waals surface area (Å²) < 4.78 is 28.7. The summed E-state index contributed by atoms with van der Waals surface area (Å²) in [5.41, 5.74) is 0.932. The number of nitrogens with one attached hydrogen (secondary N) is 2. The topological polar surface area (TPSA) is 75.5 Å². The highest BCUT2D eigenvalue weighted by Gasteiger charge is 2.08. The molecule has 0 saturated carbocycles. The van der Waals surface area contributed by atoms with Crippen molar-refractivity contribution in [1.29, 1.82) is 0 Å². The second-order valence-electron chi connectivity index (χ2n) is 3.20. The van der Waals surface area contributed by atoms with E-state index in [-0.39, 0.29) is 6.54 Å². The fraction of sp³-hybridized carbons (Fsp3) is 0.222. The van der Waals surface area contributed by atoms with Gasteiger partial charge < -0.3 is 4.40 Å². The van der Waals surface area contributed by atoms with Gasteiger partial charge in [-0.15, -0.1) is 0 Å². The maximum atomic E-state index is 11.2. The molecule has 6 nitrogen and oxygen atoms in total. The van der Waals surface area contributed by atoms with Crippen LogP contribution in [0, 0.1) is 0 Å². The lowest BCUT2D eigenvalue weighted by Gasteiger charge is -2.04. The second kappa shape index (κ2) is 4.20. The minimum absolute atomic E-state index is 0.154. The number of fused-ring (bicyclic) bond motifs is 1. The van der Waals surface area contributed by atoms with Crippen molar-refractivity contribution < 1.29 is 8.42 Å². The van der Waals surface area contributed by atoms with Crippen LogP contribution in [0.15, 0.2) is 30.6 Å². The summed E-state index contributed by atoms with van der Waals surface area (Å²) in [6.07, 6.45) is 3.54. The van der Waals surface area contributed by atoms with E-state index in [1.54, 1.807) is 6.20 Å². The maximum absolute atomic E-state index is 11.2. The first kappa shape index (κ1) is 11.1. The van der Waals surface area contributed by atoms with Gasteiger partial charge in [0, 0.05) is 13.2 Å². The molecule has 16 heavy (non-hydrogen) atoms. The highest BCUT2D eigenvalue weighted by atomic mass is 32.2. The van der Waals surface area contributed by atoms with Gasteiger partial charge in [0.25, 0.3) is 10.2 Å². The first-order valence-corrected chi connectivity index (χ1v) is 6.20. The SMILES string of the molecule is CNS(=O)(=O)NCc1ncc2ccccn12. The van der Waals surface area contributed by atoms with Gasteiger partial charge in [-0.05, 0) is 12.1 Å². The molecule has 0 aliphatic carbocycles. The molecule has 0 amide bonds. The Morgan fingerprint density at radius 1 is 1.44 bits per heavy atom. The molecule has 2 heterocycles. The Morgan fingerprint density at radius 2 is 2.25 bits per heavy atom. The molecule has 2 aromatic rings. The number of hydrogen-bond donors (Lipinski definition) is 2. The first-order valence-electron chi connectivity index (χ1n) is 4.71. The van der Waals surface area contributed by atoms with Gasteiger partial charge in [0.15, 0.2) is 0 Å². The molecule has 0 aliphatic rings. The quantitative estimate of drug-likeness (QED) is 0.783. The summed E-state index contributed by atoms with van der Waals surface area (Å²) in [4.78, 5) is 4.14. The van der Waals surface area contributed by atoms with E-state index in [0.29, 0.717) is 5.82 Å². The van der Waals surface area contributed by atoms with Crippen molar-refractivity contribution >= 4 is 15.7 Å². The summed E-state index contributed by atoms with van der Waals surface area (Å²) in [6, 6.07) is 5.67. The number of pyridine rings is 1. The first-order chi connectivity index (χ1) is 7.62. The maximum Gasteiger partial charge on any atom is 0.277 e. The van der Waals surface area contributed by atoms with E-state index in [4.69, 9.17) is 0 Å². The molecule has 2 aromatic heterocycles. The van der Waals surface area contributed by atoms with Crippen molar-refractivity contribution in [2.24, 2.45) is 0 Å².